The molecule has 0 saturated carbocycles. The van der Waals surface area contributed by atoms with Gasteiger partial charge in [0.2, 0.25) is 0 Å². The molecule has 2 N–H and O–H groups in total. The molecule has 0 fully saturated rings. The van der Waals surface area contributed by atoms with Crippen molar-refractivity contribution in [3.05, 3.63) is 52.8 Å². The summed E-state index contributed by atoms with van der Waals surface area (Å²) in [5, 5.41) is 3.56. The zero-order chi connectivity index (χ0) is 13.7. The molecule has 1 unspecified atom stereocenters. The monoisotopic (exact) mass is 281 g/mol. The fourth-order valence-electron chi connectivity index (χ4n) is 2.00. The molecule has 102 valence electrons. The molecule has 0 spiro atoms. The third-order valence-electron chi connectivity index (χ3n) is 2.95. The van der Waals surface area contributed by atoms with Crippen LogP contribution in [0.15, 0.2) is 30.6 Å². The zero-order valence-corrected chi connectivity index (χ0v) is 11.5. The van der Waals surface area contributed by atoms with Gasteiger partial charge in [0.15, 0.2) is 0 Å². The Labute approximate surface area is 117 Å². The third kappa shape index (κ3) is 3.55. The van der Waals surface area contributed by atoms with Crippen LogP contribution in [0.5, 0.6) is 0 Å². The molecule has 5 heteroatoms. The quantitative estimate of drug-likeness (QED) is 0.851. The number of benzene rings is 1. The Morgan fingerprint density at radius 2 is 2.32 bits per heavy atom. The Balaban J connectivity index is 2.23. The Morgan fingerprint density at radius 3 is 3.00 bits per heavy atom. The number of hydrogen-bond acceptors (Lipinski definition) is 2. The summed E-state index contributed by atoms with van der Waals surface area (Å²) in [6.07, 6.45) is 5.14. The van der Waals surface area contributed by atoms with Gasteiger partial charge in [-0.05, 0) is 24.6 Å². The maximum atomic E-state index is 13.6. The number of nitrogens with zero attached hydrogens (tertiary/aromatic N) is 1. The van der Waals surface area contributed by atoms with Gasteiger partial charge >= 0.3 is 0 Å². The van der Waals surface area contributed by atoms with Gasteiger partial charge in [-0.3, -0.25) is 0 Å². The predicted octanol–water partition coefficient (Wildman–Crippen LogP) is 3.49. The van der Waals surface area contributed by atoms with Crippen LogP contribution in [-0.4, -0.2) is 16.5 Å². The summed E-state index contributed by atoms with van der Waals surface area (Å²) in [7, 11) is 0. The largest absolute Gasteiger partial charge is 0.349 e. The van der Waals surface area contributed by atoms with Crippen LogP contribution in [0.4, 0.5) is 4.39 Å². The van der Waals surface area contributed by atoms with E-state index in [1.165, 1.54) is 6.07 Å². The van der Waals surface area contributed by atoms with E-state index in [2.05, 4.69) is 22.2 Å². The summed E-state index contributed by atoms with van der Waals surface area (Å²) < 4.78 is 13.6. The summed E-state index contributed by atoms with van der Waals surface area (Å²) in [6.45, 7) is 2.93. The maximum absolute atomic E-state index is 13.6. The molecular formula is C14H17ClFN3. The lowest BCUT2D eigenvalue weighted by Crippen LogP contribution is -2.25. The third-order valence-corrected chi connectivity index (χ3v) is 3.35. The van der Waals surface area contributed by atoms with Crippen LogP contribution in [0, 0.1) is 5.82 Å². The molecule has 1 aromatic carbocycles. The van der Waals surface area contributed by atoms with Crippen LogP contribution < -0.4 is 5.32 Å². The number of H-pyrrole nitrogens is 1. The maximum Gasteiger partial charge on any atom is 0.142 e. The minimum atomic E-state index is -0.387. The summed E-state index contributed by atoms with van der Waals surface area (Å²) in [5.74, 6) is 0.468. The molecule has 19 heavy (non-hydrogen) atoms. The Bertz CT molecular complexity index is 513. The smallest absolute Gasteiger partial charge is 0.142 e. The van der Waals surface area contributed by atoms with E-state index in [1.807, 2.05) is 6.07 Å². The highest BCUT2D eigenvalue weighted by Crippen LogP contribution is 2.27. The summed E-state index contributed by atoms with van der Waals surface area (Å²) >= 11 is 6.06. The average molecular weight is 282 g/mol. The second-order valence-electron chi connectivity index (χ2n) is 4.39. The van der Waals surface area contributed by atoms with Crippen molar-refractivity contribution < 1.29 is 4.39 Å². The van der Waals surface area contributed by atoms with E-state index in [0.717, 1.165) is 24.4 Å². The minimum Gasteiger partial charge on any atom is -0.349 e. The molecule has 0 saturated heterocycles. The molecule has 1 atom stereocenters. The number of hydrogen-bond donors (Lipinski definition) is 2. The van der Waals surface area contributed by atoms with E-state index < -0.39 is 0 Å². The van der Waals surface area contributed by atoms with Crippen LogP contribution in [-0.2, 0) is 6.42 Å². The van der Waals surface area contributed by atoms with Crippen molar-refractivity contribution in [2.75, 3.05) is 6.54 Å². The highest BCUT2D eigenvalue weighted by atomic mass is 35.5. The van der Waals surface area contributed by atoms with Gasteiger partial charge in [-0.1, -0.05) is 30.7 Å². The molecule has 0 aliphatic rings. The van der Waals surface area contributed by atoms with Crippen molar-refractivity contribution in [2.45, 2.75) is 25.8 Å². The lowest BCUT2D eigenvalue weighted by Gasteiger charge is -2.19. The normalized spacial score (nSPS) is 12.6. The number of halogens is 2. The summed E-state index contributed by atoms with van der Waals surface area (Å²) in [4.78, 5) is 7.27. The molecule has 0 bridgehead atoms. The lowest BCUT2D eigenvalue weighted by molar-refractivity contribution is 0.516. The molecule has 0 aliphatic carbocycles. The van der Waals surface area contributed by atoms with Gasteiger partial charge in [0.1, 0.15) is 11.6 Å². The first-order chi connectivity index (χ1) is 9.22. The summed E-state index contributed by atoms with van der Waals surface area (Å²) in [5.41, 5.74) is 0.770. The fraction of sp³-hybridized carbons (Fsp3) is 0.357. The second-order valence-corrected chi connectivity index (χ2v) is 4.77. The average Bonchev–Trinajstić information content (AvgIpc) is 2.91. The molecule has 0 aliphatic heterocycles. The topological polar surface area (TPSA) is 40.7 Å². The van der Waals surface area contributed by atoms with Crippen molar-refractivity contribution in [1.29, 1.82) is 0 Å². The van der Waals surface area contributed by atoms with Crippen molar-refractivity contribution >= 4 is 11.6 Å². The Hall–Kier alpha value is -1.39. The van der Waals surface area contributed by atoms with Crippen LogP contribution in [0.1, 0.15) is 30.8 Å². The van der Waals surface area contributed by atoms with Gasteiger partial charge in [0.25, 0.3) is 0 Å². The lowest BCUT2D eigenvalue weighted by atomic mass is 10.0. The molecule has 0 amide bonds. The number of aromatic nitrogens is 2. The standard InChI is InChI=1S/C14H17ClFN3/c1-2-6-17-12(9-13-18-7-8-19-13)10-4-3-5-11(16)14(10)15/h3-5,7-8,12,17H,2,6,9H2,1H3,(H,18,19). The first-order valence-electron chi connectivity index (χ1n) is 6.38. The van der Waals surface area contributed by atoms with E-state index in [0.29, 0.717) is 6.42 Å². The molecule has 1 aromatic heterocycles. The SMILES string of the molecule is CCCNC(Cc1ncc[nH]1)c1cccc(F)c1Cl. The van der Waals surface area contributed by atoms with Crippen molar-refractivity contribution in [1.82, 2.24) is 15.3 Å². The number of imidazole rings is 1. The Morgan fingerprint density at radius 1 is 1.47 bits per heavy atom. The van der Waals surface area contributed by atoms with Gasteiger partial charge in [-0.15, -0.1) is 0 Å². The fourth-order valence-corrected chi connectivity index (χ4v) is 2.26. The van der Waals surface area contributed by atoms with Crippen LogP contribution >= 0.6 is 11.6 Å². The van der Waals surface area contributed by atoms with E-state index in [-0.39, 0.29) is 16.9 Å². The predicted molar refractivity (Wildman–Crippen MR) is 74.7 cm³/mol. The molecule has 3 nitrogen and oxygen atoms in total. The van der Waals surface area contributed by atoms with Gasteiger partial charge in [0.05, 0.1) is 5.02 Å². The van der Waals surface area contributed by atoms with E-state index in [4.69, 9.17) is 11.6 Å². The first kappa shape index (κ1) is 14.0. The highest BCUT2D eigenvalue weighted by molar-refractivity contribution is 6.31. The van der Waals surface area contributed by atoms with Crippen molar-refractivity contribution in [2.24, 2.45) is 0 Å². The molecule has 2 aromatic rings. The Kier molecular flexibility index (Phi) is 4.93. The van der Waals surface area contributed by atoms with Gasteiger partial charge < -0.3 is 10.3 Å². The van der Waals surface area contributed by atoms with Crippen molar-refractivity contribution in [3.63, 3.8) is 0 Å². The molecule has 1 heterocycles. The number of aromatic amines is 1. The molecule has 2 rings (SSSR count). The summed E-state index contributed by atoms with van der Waals surface area (Å²) in [6, 6.07) is 4.85. The van der Waals surface area contributed by atoms with E-state index in [1.54, 1.807) is 18.5 Å². The molecule has 0 radical (unpaired) electrons. The minimum absolute atomic E-state index is 0.0469. The number of nitrogens with one attached hydrogen (secondary N) is 2. The van der Waals surface area contributed by atoms with Gasteiger partial charge in [0, 0.05) is 24.9 Å². The van der Waals surface area contributed by atoms with Crippen LogP contribution in [0.25, 0.3) is 0 Å². The highest BCUT2D eigenvalue weighted by Gasteiger charge is 2.17. The van der Waals surface area contributed by atoms with E-state index >= 15 is 0 Å². The second kappa shape index (κ2) is 6.68. The van der Waals surface area contributed by atoms with Crippen LogP contribution in [0.3, 0.4) is 0 Å². The number of rotatable bonds is 6. The van der Waals surface area contributed by atoms with Crippen molar-refractivity contribution in [3.8, 4) is 0 Å². The zero-order valence-electron chi connectivity index (χ0n) is 10.8. The van der Waals surface area contributed by atoms with E-state index in [9.17, 15) is 4.39 Å². The first-order valence-corrected chi connectivity index (χ1v) is 6.75. The van der Waals surface area contributed by atoms with Gasteiger partial charge in [-0.25, -0.2) is 9.37 Å². The van der Waals surface area contributed by atoms with Gasteiger partial charge in [-0.2, -0.15) is 0 Å². The van der Waals surface area contributed by atoms with Crippen LogP contribution in [0.2, 0.25) is 5.02 Å². The molecular weight excluding hydrogens is 265 g/mol.